The van der Waals surface area contributed by atoms with E-state index >= 15 is 0 Å². The van der Waals surface area contributed by atoms with Crippen molar-refractivity contribution in [3.8, 4) is 17.2 Å². The summed E-state index contributed by atoms with van der Waals surface area (Å²) in [7, 11) is -4.24. The first-order valence-electron chi connectivity index (χ1n) is 14.7. The monoisotopic (exact) mass is 652 g/mol. The normalized spacial score (nSPS) is 14.1. The van der Waals surface area contributed by atoms with Gasteiger partial charge in [0.2, 0.25) is 0 Å². The number of allylic oxidation sites excluding steroid dienone is 1. The number of carbonyl (C=O) groups excluding carboxylic acids is 3. The number of rotatable bonds is 12. The minimum absolute atomic E-state index is 0.0358. The number of hydrogen-bond donors (Lipinski definition) is 1. The molecule has 5 rings (SSSR count). The molecule has 0 aromatic heterocycles. The van der Waals surface area contributed by atoms with Gasteiger partial charge >= 0.3 is 16.1 Å². The van der Waals surface area contributed by atoms with E-state index in [9.17, 15) is 22.8 Å². The zero-order valence-corrected chi connectivity index (χ0v) is 26.6. The van der Waals surface area contributed by atoms with Crippen molar-refractivity contribution in [3.05, 3.63) is 131 Å². The van der Waals surface area contributed by atoms with Gasteiger partial charge in [0.05, 0.1) is 12.3 Å². The summed E-state index contributed by atoms with van der Waals surface area (Å²) >= 11 is 0. The lowest BCUT2D eigenvalue weighted by Gasteiger charge is -2.26. The maximum atomic E-state index is 13.6. The van der Waals surface area contributed by atoms with E-state index in [-0.39, 0.29) is 40.7 Å². The fourth-order valence-electron chi connectivity index (χ4n) is 4.79. The molecule has 0 radical (unpaired) electrons. The third kappa shape index (κ3) is 7.59. The van der Waals surface area contributed by atoms with E-state index in [1.54, 1.807) is 55.5 Å². The van der Waals surface area contributed by atoms with Crippen LogP contribution in [0.2, 0.25) is 0 Å². The molecule has 11 heteroatoms. The van der Waals surface area contributed by atoms with Gasteiger partial charge in [0.1, 0.15) is 22.8 Å². The molecule has 4 amide bonds. The van der Waals surface area contributed by atoms with Gasteiger partial charge in [-0.3, -0.25) is 14.9 Å². The quantitative estimate of drug-likeness (QED) is 0.0838. The van der Waals surface area contributed by atoms with E-state index in [2.05, 4.69) is 11.9 Å². The van der Waals surface area contributed by atoms with Crippen LogP contribution in [0.3, 0.4) is 0 Å². The zero-order valence-electron chi connectivity index (χ0n) is 25.8. The summed E-state index contributed by atoms with van der Waals surface area (Å²) in [4.78, 5) is 40.1. The number of amides is 4. The highest BCUT2D eigenvalue weighted by Crippen LogP contribution is 2.37. The number of nitrogens with zero attached hydrogens (tertiary/aromatic N) is 1. The van der Waals surface area contributed by atoms with Crippen molar-refractivity contribution in [2.75, 3.05) is 11.5 Å². The number of aryl methyl sites for hydroxylation is 1. The number of imide groups is 2. The summed E-state index contributed by atoms with van der Waals surface area (Å²) < 4.78 is 43.5. The van der Waals surface area contributed by atoms with E-state index in [1.165, 1.54) is 24.3 Å². The van der Waals surface area contributed by atoms with Crippen LogP contribution in [0.5, 0.6) is 17.2 Å². The first-order chi connectivity index (χ1) is 22.6. The number of barbiturate groups is 1. The van der Waals surface area contributed by atoms with Crippen LogP contribution in [0.25, 0.3) is 6.08 Å². The van der Waals surface area contributed by atoms with Crippen molar-refractivity contribution in [3.63, 3.8) is 0 Å². The fraction of sp³-hybridized carbons (Fsp3) is 0.139. The Balaban J connectivity index is 1.45. The van der Waals surface area contributed by atoms with Crippen LogP contribution >= 0.6 is 0 Å². The van der Waals surface area contributed by atoms with E-state index in [4.69, 9.17) is 13.7 Å². The molecule has 4 aromatic rings. The second-order valence-electron chi connectivity index (χ2n) is 10.5. The Kier molecular flexibility index (Phi) is 9.86. The molecule has 0 atom stereocenters. The van der Waals surface area contributed by atoms with Crippen molar-refractivity contribution in [2.24, 2.45) is 0 Å². The number of hydrogen-bond acceptors (Lipinski definition) is 8. The molecule has 0 aliphatic carbocycles. The maximum Gasteiger partial charge on any atom is 0.339 e. The zero-order chi connectivity index (χ0) is 33.6. The Morgan fingerprint density at radius 2 is 1.60 bits per heavy atom. The Bertz CT molecular complexity index is 1950. The summed E-state index contributed by atoms with van der Waals surface area (Å²) in [6, 6.07) is 24.3. The summed E-state index contributed by atoms with van der Waals surface area (Å²) in [6.07, 6.45) is 3.04. The van der Waals surface area contributed by atoms with Gasteiger partial charge in [-0.2, -0.15) is 8.42 Å². The number of benzene rings is 4. The van der Waals surface area contributed by atoms with Crippen LogP contribution in [0, 0.1) is 6.92 Å². The predicted octanol–water partition coefficient (Wildman–Crippen LogP) is 6.14. The average Bonchev–Trinajstić information content (AvgIpc) is 3.05. The molecule has 10 nitrogen and oxygen atoms in total. The molecule has 47 heavy (non-hydrogen) atoms. The van der Waals surface area contributed by atoms with Crippen molar-refractivity contribution in [1.29, 1.82) is 0 Å². The van der Waals surface area contributed by atoms with Gasteiger partial charge < -0.3 is 13.7 Å². The van der Waals surface area contributed by atoms with Gasteiger partial charge in [0.25, 0.3) is 11.8 Å². The molecule has 1 fully saturated rings. The third-order valence-electron chi connectivity index (χ3n) is 7.08. The van der Waals surface area contributed by atoms with E-state index in [0.717, 1.165) is 16.0 Å². The number of urea groups is 1. The molecule has 1 heterocycles. The Morgan fingerprint density at radius 1 is 0.894 bits per heavy atom. The number of nitrogens with one attached hydrogen (secondary N) is 1. The van der Waals surface area contributed by atoms with Crippen LogP contribution in [0.4, 0.5) is 10.5 Å². The van der Waals surface area contributed by atoms with Gasteiger partial charge in [-0.05, 0) is 86.0 Å². The molecule has 0 bridgehead atoms. The molecule has 1 N–H and O–H groups in total. The van der Waals surface area contributed by atoms with E-state index < -0.39 is 28.0 Å². The van der Waals surface area contributed by atoms with Gasteiger partial charge in [-0.15, -0.1) is 6.58 Å². The van der Waals surface area contributed by atoms with Gasteiger partial charge in [0.15, 0.2) is 11.5 Å². The lowest BCUT2D eigenvalue weighted by Crippen LogP contribution is -2.54. The highest BCUT2D eigenvalue weighted by molar-refractivity contribution is 7.87. The van der Waals surface area contributed by atoms with E-state index in [0.29, 0.717) is 23.5 Å². The lowest BCUT2D eigenvalue weighted by molar-refractivity contribution is -0.122. The topological polar surface area (TPSA) is 128 Å². The molecular weight excluding hydrogens is 620 g/mol. The molecular formula is C36H32N2O8S. The smallest absolute Gasteiger partial charge is 0.339 e. The van der Waals surface area contributed by atoms with Crippen LogP contribution in [-0.2, 0) is 32.7 Å². The SMILES string of the molecule is C=CCc1cc(/C=C2\C(=O)NC(=O)N(c3ccc(OCc4ccccc4)cc3)C2=O)cc(OCC)c1OS(=O)(=O)c1ccc(C)cc1. The maximum absolute atomic E-state index is 13.6. The minimum atomic E-state index is -4.24. The number of ether oxygens (including phenoxy) is 2. The van der Waals surface area contributed by atoms with Crippen molar-refractivity contribution < 1.29 is 36.5 Å². The summed E-state index contributed by atoms with van der Waals surface area (Å²) in [5.41, 5.74) is 2.49. The third-order valence-corrected chi connectivity index (χ3v) is 8.31. The molecule has 4 aromatic carbocycles. The van der Waals surface area contributed by atoms with Gasteiger partial charge in [-0.25, -0.2) is 9.69 Å². The van der Waals surface area contributed by atoms with Crippen LogP contribution < -0.4 is 23.9 Å². The van der Waals surface area contributed by atoms with Gasteiger partial charge in [-0.1, -0.05) is 54.1 Å². The van der Waals surface area contributed by atoms with Gasteiger partial charge in [0, 0.05) is 5.56 Å². The standard InChI is InChI=1S/C36H32N2O8S/c1-4-9-27-20-26(22-32(44-5-2)33(27)46-47(42,43)30-18-12-24(3)13-19-30)21-31-34(39)37-36(41)38(35(31)40)28-14-16-29(17-15-28)45-23-25-10-7-6-8-11-25/h4,6-8,10-22H,1,5,9,23H2,2-3H3,(H,37,39,41)/b31-21+. The van der Waals surface area contributed by atoms with Crippen LogP contribution in [0.15, 0.2) is 114 Å². The minimum Gasteiger partial charge on any atom is -0.490 e. The number of carbonyl (C=O) groups is 3. The highest BCUT2D eigenvalue weighted by atomic mass is 32.2. The Hall–Kier alpha value is -5.68. The first kappa shape index (κ1) is 32.7. The van der Waals surface area contributed by atoms with E-state index in [1.807, 2.05) is 37.3 Å². The second-order valence-corrected chi connectivity index (χ2v) is 12.1. The second kappa shape index (κ2) is 14.2. The molecule has 0 spiro atoms. The largest absolute Gasteiger partial charge is 0.490 e. The molecule has 1 saturated heterocycles. The molecule has 0 saturated carbocycles. The lowest BCUT2D eigenvalue weighted by atomic mass is 10.0. The highest BCUT2D eigenvalue weighted by Gasteiger charge is 2.37. The summed E-state index contributed by atoms with van der Waals surface area (Å²) in [5, 5.41) is 2.21. The summed E-state index contributed by atoms with van der Waals surface area (Å²) in [5.74, 6) is -1.16. The van der Waals surface area contributed by atoms with Crippen molar-refractivity contribution >= 4 is 39.7 Å². The molecule has 240 valence electrons. The number of anilines is 1. The van der Waals surface area contributed by atoms with Crippen LogP contribution in [0.1, 0.15) is 29.2 Å². The molecule has 1 aliphatic rings. The summed E-state index contributed by atoms with van der Waals surface area (Å²) in [6.45, 7) is 7.82. The van der Waals surface area contributed by atoms with Crippen molar-refractivity contribution in [2.45, 2.75) is 31.8 Å². The van der Waals surface area contributed by atoms with Crippen LogP contribution in [-0.4, -0.2) is 32.9 Å². The predicted molar refractivity (Wildman–Crippen MR) is 177 cm³/mol. The molecule has 1 aliphatic heterocycles. The fourth-order valence-corrected chi connectivity index (χ4v) is 5.76. The Morgan fingerprint density at radius 3 is 2.26 bits per heavy atom. The van der Waals surface area contributed by atoms with Crippen molar-refractivity contribution in [1.82, 2.24) is 5.32 Å². The first-order valence-corrected chi connectivity index (χ1v) is 16.1. The molecule has 0 unspecified atom stereocenters. The average molecular weight is 653 g/mol. The Labute approximate surface area is 273 Å².